The Morgan fingerprint density at radius 1 is 1.27 bits per heavy atom. The summed E-state index contributed by atoms with van der Waals surface area (Å²) in [6.45, 7) is 2.32. The second-order valence-corrected chi connectivity index (χ2v) is 7.96. The maximum atomic E-state index is 12.8. The lowest BCUT2D eigenvalue weighted by molar-refractivity contribution is -0.129. The fourth-order valence-electron chi connectivity index (χ4n) is 2.91. The van der Waals surface area contributed by atoms with Gasteiger partial charge in [-0.15, -0.1) is 0 Å². The number of rotatable bonds is 6. The number of amides is 2. The van der Waals surface area contributed by atoms with Gasteiger partial charge in [0.25, 0.3) is 0 Å². The number of benzene rings is 2. The molecule has 1 heterocycles. The lowest BCUT2D eigenvalue weighted by Crippen LogP contribution is -2.45. The Balaban J connectivity index is 1.82. The molecule has 7 nitrogen and oxygen atoms in total. The van der Waals surface area contributed by atoms with E-state index in [9.17, 15) is 9.59 Å². The van der Waals surface area contributed by atoms with Gasteiger partial charge in [0.2, 0.25) is 11.8 Å². The number of nitrogens with one attached hydrogen (secondary N) is 1. The molecule has 3 rings (SSSR count). The van der Waals surface area contributed by atoms with E-state index in [4.69, 9.17) is 21.1 Å². The molecular weight excluding hydrogens is 426 g/mol. The molecule has 0 aliphatic carbocycles. The summed E-state index contributed by atoms with van der Waals surface area (Å²) in [6, 6.07) is 12.2. The molecule has 2 amide bonds. The number of hydrogen-bond donors (Lipinski definition) is 1. The predicted molar refractivity (Wildman–Crippen MR) is 120 cm³/mol. The highest BCUT2D eigenvalue weighted by Gasteiger charge is 2.35. The number of nitrogens with zero attached hydrogens (tertiary/aromatic N) is 2. The number of thioether (sulfide) groups is 1. The summed E-state index contributed by atoms with van der Waals surface area (Å²) in [6.07, 6.45) is 0.0939. The molecule has 1 atom stereocenters. The van der Waals surface area contributed by atoms with Crippen LogP contribution in [0.3, 0.4) is 0 Å². The van der Waals surface area contributed by atoms with Crippen LogP contribution < -0.4 is 14.8 Å². The zero-order valence-corrected chi connectivity index (χ0v) is 18.4. The standard InChI is InChI=1S/C21H22ClN3O4S/c1-4-25-19(26)12-18(20(27)23-13-6-5-7-15(10-13)28-2)30-21(25)24-14-8-9-17(29-3)16(22)11-14/h5-11,18H,4,12H2,1-3H3,(H,23,27). The molecule has 0 aromatic heterocycles. The van der Waals surface area contributed by atoms with Gasteiger partial charge in [0.15, 0.2) is 5.17 Å². The Morgan fingerprint density at radius 2 is 2.07 bits per heavy atom. The van der Waals surface area contributed by atoms with Gasteiger partial charge in [-0.2, -0.15) is 0 Å². The van der Waals surface area contributed by atoms with Crippen molar-refractivity contribution in [2.75, 3.05) is 26.1 Å². The molecule has 1 aliphatic rings. The number of anilines is 1. The number of carbonyl (C=O) groups excluding carboxylic acids is 2. The van der Waals surface area contributed by atoms with Gasteiger partial charge >= 0.3 is 0 Å². The van der Waals surface area contributed by atoms with E-state index in [0.717, 1.165) is 0 Å². The van der Waals surface area contributed by atoms with Gasteiger partial charge in [-0.25, -0.2) is 4.99 Å². The maximum absolute atomic E-state index is 12.8. The first-order chi connectivity index (χ1) is 14.4. The Hall–Kier alpha value is -2.71. The highest BCUT2D eigenvalue weighted by molar-refractivity contribution is 8.15. The smallest absolute Gasteiger partial charge is 0.238 e. The Morgan fingerprint density at radius 3 is 2.73 bits per heavy atom. The fraction of sp³-hybridized carbons (Fsp3) is 0.286. The van der Waals surface area contributed by atoms with Crippen molar-refractivity contribution in [1.82, 2.24) is 4.90 Å². The van der Waals surface area contributed by atoms with Crippen molar-refractivity contribution in [2.45, 2.75) is 18.6 Å². The molecule has 0 radical (unpaired) electrons. The van der Waals surface area contributed by atoms with Crippen LogP contribution in [-0.4, -0.2) is 47.9 Å². The van der Waals surface area contributed by atoms with E-state index in [-0.39, 0.29) is 18.2 Å². The molecule has 1 unspecified atom stereocenters. The summed E-state index contributed by atoms with van der Waals surface area (Å²) in [7, 11) is 3.09. The highest BCUT2D eigenvalue weighted by Crippen LogP contribution is 2.33. The summed E-state index contributed by atoms with van der Waals surface area (Å²) in [4.78, 5) is 31.6. The number of aliphatic imine (C=N–C) groups is 1. The molecule has 1 saturated heterocycles. The topological polar surface area (TPSA) is 80.2 Å². The number of ether oxygens (including phenoxy) is 2. The van der Waals surface area contributed by atoms with Crippen LogP contribution >= 0.6 is 23.4 Å². The lowest BCUT2D eigenvalue weighted by atomic mass is 10.2. The lowest BCUT2D eigenvalue weighted by Gasteiger charge is -2.31. The molecule has 1 N–H and O–H groups in total. The van der Waals surface area contributed by atoms with Crippen LogP contribution in [0, 0.1) is 0 Å². The average molecular weight is 448 g/mol. The van der Waals surface area contributed by atoms with Crippen molar-refractivity contribution in [3.05, 3.63) is 47.5 Å². The Labute approximate surface area is 184 Å². The van der Waals surface area contributed by atoms with Crippen LogP contribution in [-0.2, 0) is 9.59 Å². The van der Waals surface area contributed by atoms with E-state index in [1.807, 2.05) is 6.92 Å². The van der Waals surface area contributed by atoms with Crippen LogP contribution in [0.4, 0.5) is 11.4 Å². The van der Waals surface area contributed by atoms with E-state index in [0.29, 0.717) is 39.6 Å². The van der Waals surface area contributed by atoms with Gasteiger partial charge in [0.05, 0.1) is 24.9 Å². The molecule has 158 valence electrons. The molecule has 0 spiro atoms. The van der Waals surface area contributed by atoms with Crippen LogP contribution in [0.1, 0.15) is 13.3 Å². The van der Waals surface area contributed by atoms with E-state index in [1.54, 1.807) is 54.5 Å². The third kappa shape index (κ3) is 5.06. The first-order valence-corrected chi connectivity index (χ1v) is 10.5. The Kier molecular flexibility index (Phi) is 7.23. The largest absolute Gasteiger partial charge is 0.497 e. The zero-order valence-electron chi connectivity index (χ0n) is 16.8. The van der Waals surface area contributed by atoms with E-state index >= 15 is 0 Å². The van der Waals surface area contributed by atoms with Crippen molar-refractivity contribution in [3.8, 4) is 11.5 Å². The van der Waals surface area contributed by atoms with E-state index < -0.39 is 5.25 Å². The van der Waals surface area contributed by atoms with Crippen LogP contribution in [0.2, 0.25) is 5.02 Å². The quantitative estimate of drug-likeness (QED) is 0.712. The van der Waals surface area contributed by atoms with Crippen molar-refractivity contribution in [2.24, 2.45) is 4.99 Å². The van der Waals surface area contributed by atoms with Gasteiger partial charge in [0.1, 0.15) is 16.7 Å². The molecule has 1 aliphatic heterocycles. The SMILES string of the molecule is CCN1C(=O)CC(C(=O)Nc2cccc(OC)c2)SC1=Nc1ccc(OC)c(Cl)c1. The fourth-order valence-corrected chi connectivity index (χ4v) is 4.33. The first-order valence-electron chi connectivity index (χ1n) is 9.29. The van der Waals surface area contributed by atoms with Gasteiger partial charge in [0, 0.05) is 24.7 Å². The minimum Gasteiger partial charge on any atom is -0.497 e. The minimum absolute atomic E-state index is 0.0939. The van der Waals surface area contributed by atoms with Gasteiger partial charge in [-0.05, 0) is 37.3 Å². The average Bonchev–Trinajstić information content (AvgIpc) is 2.74. The van der Waals surface area contributed by atoms with Crippen LogP contribution in [0.5, 0.6) is 11.5 Å². The minimum atomic E-state index is -0.598. The maximum Gasteiger partial charge on any atom is 0.238 e. The van der Waals surface area contributed by atoms with E-state index in [2.05, 4.69) is 10.3 Å². The van der Waals surface area contributed by atoms with Crippen LogP contribution in [0.25, 0.3) is 0 Å². The van der Waals surface area contributed by atoms with Crippen molar-refractivity contribution >= 4 is 51.7 Å². The normalized spacial score (nSPS) is 17.7. The number of amidine groups is 1. The molecule has 0 saturated carbocycles. The van der Waals surface area contributed by atoms with Crippen molar-refractivity contribution in [1.29, 1.82) is 0 Å². The molecule has 1 fully saturated rings. The van der Waals surface area contributed by atoms with Gasteiger partial charge in [-0.3, -0.25) is 14.5 Å². The molecule has 9 heteroatoms. The first kappa shape index (κ1) is 22.0. The van der Waals surface area contributed by atoms with E-state index in [1.165, 1.54) is 18.9 Å². The number of hydrogen-bond acceptors (Lipinski definition) is 6. The second-order valence-electron chi connectivity index (χ2n) is 6.38. The summed E-state index contributed by atoms with van der Waals surface area (Å²) < 4.78 is 10.3. The predicted octanol–water partition coefficient (Wildman–Crippen LogP) is 4.34. The molecule has 0 bridgehead atoms. The number of methoxy groups -OCH3 is 2. The molecule has 30 heavy (non-hydrogen) atoms. The molecular formula is C21H22ClN3O4S. The summed E-state index contributed by atoms with van der Waals surface area (Å²) in [5, 5.41) is 3.12. The van der Waals surface area contributed by atoms with Gasteiger partial charge < -0.3 is 14.8 Å². The highest BCUT2D eigenvalue weighted by atomic mass is 35.5. The summed E-state index contributed by atoms with van der Waals surface area (Å²) >= 11 is 7.44. The second kappa shape index (κ2) is 9.86. The van der Waals surface area contributed by atoms with Crippen molar-refractivity contribution < 1.29 is 19.1 Å². The van der Waals surface area contributed by atoms with Crippen molar-refractivity contribution in [3.63, 3.8) is 0 Å². The Bertz CT molecular complexity index is 982. The summed E-state index contributed by atoms with van der Waals surface area (Å²) in [5.74, 6) is 0.755. The van der Waals surface area contributed by atoms with Crippen LogP contribution in [0.15, 0.2) is 47.5 Å². The number of halogens is 1. The van der Waals surface area contributed by atoms with Gasteiger partial charge in [-0.1, -0.05) is 29.4 Å². The summed E-state index contributed by atoms with van der Waals surface area (Å²) in [5.41, 5.74) is 1.18. The molecule has 2 aromatic carbocycles. The third-order valence-corrected chi connectivity index (χ3v) is 5.93. The third-order valence-electron chi connectivity index (χ3n) is 4.45. The number of carbonyl (C=O) groups is 2. The molecule has 2 aromatic rings. The monoisotopic (exact) mass is 447 g/mol. The zero-order chi connectivity index (χ0) is 21.7.